The van der Waals surface area contributed by atoms with Gasteiger partial charge in [0.25, 0.3) is 0 Å². The maximum atomic E-state index is 5.69. The summed E-state index contributed by atoms with van der Waals surface area (Å²) in [4.78, 5) is 0. The molecule has 1 unspecified atom stereocenters. The van der Waals surface area contributed by atoms with E-state index in [1.165, 1.54) is 0 Å². The lowest BCUT2D eigenvalue weighted by Crippen LogP contribution is -2.32. The van der Waals surface area contributed by atoms with E-state index in [4.69, 9.17) is 10.5 Å². The van der Waals surface area contributed by atoms with Gasteiger partial charge in [0.05, 0.1) is 6.10 Å². The quantitative estimate of drug-likeness (QED) is 0.576. The summed E-state index contributed by atoms with van der Waals surface area (Å²) in [5.41, 5.74) is 5.69. The molecule has 3 nitrogen and oxygen atoms in total. The molecular formula is C12H28N2O. The van der Waals surface area contributed by atoms with Gasteiger partial charge in [-0.25, -0.2) is 0 Å². The molecule has 0 rings (SSSR count). The van der Waals surface area contributed by atoms with E-state index in [9.17, 15) is 0 Å². The molecule has 15 heavy (non-hydrogen) atoms. The largest absolute Gasteiger partial charge is 0.379 e. The third-order valence-electron chi connectivity index (χ3n) is 2.60. The van der Waals surface area contributed by atoms with Crippen molar-refractivity contribution in [3.8, 4) is 0 Å². The summed E-state index contributed by atoms with van der Waals surface area (Å²) >= 11 is 0. The van der Waals surface area contributed by atoms with E-state index in [1.54, 1.807) is 0 Å². The van der Waals surface area contributed by atoms with Crippen LogP contribution in [0.3, 0.4) is 0 Å². The van der Waals surface area contributed by atoms with E-state index in [2.05, 4.69) is 33.0 Å². The van der Waals surface area contributed by atoms with Crippen molar-refractivity contribution in [1.82, 2.24) is 5.32 Å². The van der Waals surface area contributed by atoms with Gasteiger partial charge >= 0.3 is 0 Å². The molecule has 0 heterocycles. The van der Waals surface area contributed by atoms with Crippen molar-refractivity contribution >= 4 is 0 Å². The van der Waals surface area contributed by atoms with Crippen molar-refractivity contribution in [3.63, 3.8) is 0 Å². The molecule has 3 heteroatoms. The van der Waals surface area contributed by atoms with Gasteiger partial charge in [0.15, 0.2) is 0 Å². The number of rotatable bonds is 9. The molecule has 0 aliphatic carbocycles. The lowest BCUT2D eigenvalue weighted by molar-refractivity contribution is 0.0769. The Balaban J connectivity index is 3.29. The van der Waals surface area contributed by atoms with Gasteiger partial charge < -0.3 is 15.8 Å². The average molecular weight is 216 g/mol. The molecular weight excluding hydrogens is 188 g/mol. The summed E-state index contributed by atoms with van der Waals surface area (Å²) in [7, 11) is 0. The Morgan fingerprint density at radius 1 is 1.20 bits per heavy atom. The second-order valence-corrected chi connectivity index (χ2v) is 4.72. The molecule has 0 fully saturated rings. The summed E-state index contributed by atoms with van der Waals surface area (Å²) in [5, 5.41) is 3.43. The molecule has 0 amide bonds. The number of hydrogen-bond donors (Lipinski definition) is 2. The Hall–Kier alpha value is -0.120. The summed E-state index contributed by atoms with van der Waals surface area (Å²) in [5.74, 6) is 1.26. The van der Waals surface area contributed by atoms with Crippen LogP contribution in [-0.2, 0) is 4.74 Å². The number of nitrogens with two attached hydrogens (primary N) is 1. The first-order valence-corrected chi connectivity index (χ1v) is 6.10. The van der Waals surface area contributed by atoms with Crippen LogP contribution in [0, 0.1) is 11.8 Å². The molecule has 0 radical (unpaired) electrons. The summed E-state index contributed by atoms with van der Waals surface area (Å²) in [6.45, 7) is 12.2. The maximum Gasteiger partial charge on any atom is 0.0518 e. The van der Waals surface area contributed by atoms with Crippen molar-refractivity contribution in [2.45, 2.75) is 40.2 Å². The van der Waals surface area contributed by atoms with Crippen LogP contribution >= 0.6 is 0 Å². The molecule has 0 bridgehead atoms. The van der Waals surface area contributed by atoms with Crippen LogP contribution in [0.4, 0.5) is 0 Å². The van der Waals surface area contributed by atoms with Crippen LogP contribution in [0.25, 0.3) is 0 Å². The Kier molecular flexibility index (Phi) is 9.06. The van der Waals surface area contributed by atoms with Crippen molar-refractivity contribution in [1.29, 1.82) is 0 Å². The van der Waals surface area contributed by atoms with E-state index >= 15 is 0 Å². The van der Waals surface area contributed by atoms with Crippen LogP contribution in [0.1, 0.15) is 34.1 Å². The van der Waals surface area contributed by atoms with E-state index in [0.717, 1.165) is 32.7 Å². The maximum absolute atomic E-state index is 5.69. The minimum Gasteiger partial charge on any atom is -0.379 e. The van der Waals surface area contributed by atoms with Crippen molar-refractivity contribution in [2.75, 3.05) is 26.2 Å². The van der Waals surface area contributed by atoms with Crippen molar-refractivity contribution in [3.05, 3.63) is 0 Å². The van der Waals surface area contributed by atoms with Gasteiger partial charge in [0, 0.05) is 6.61 Å². The molecule has 0 aliphatic rings. The molecule has 0 saturated heterocycles. The predicted octanol–water partition coefficient (Wildman–Crippen LogP) is 1.62. The second kappa shape index (κ2) is 9.13. The number of hydrogen-bond acceptors (Lipinski definition) is 3. The minimum atomic E-state index is 0.345. The Morgan fingerprint density at radius 3 is 2.33 bits per heavy atom. The first kappa shape index (κ1) is 14.9. The summed E-state index contributed by atoms with van der Waals surface area (Å²) in [6.07, 6.45) is 1.42. The average Bonchev–Trinajstić information content (AvgIpc) is 2.15. The summed E-state index contributed by atoms with van der Waals surface area (Å²) in [6, 6.07) is 0. The standard InChI is InChI=1S/C12H28N2O/c1-10(2)12(8-13)9-14-6-5-7-15-11(3)4/h10-12,14H,5-9,13H2,1-4H3. The zero-order valence-corrected chi connectivity index (χ0v) is 10.8. The van der Waals surface area contributed by atoms with Gasteiger partial charge in [-0.05, 0) is 51.7 Å². The molecule has 0 aromatic heterocycles. The van der Waals surface area contributed by atoms with Gasteiger partial charge in [-0.1, -0.05) is 13.8 Å². The molecule has 3 N–H and O–H groups in total. The monoisotopic (exact) mass is 216 g/mol. The van der Waals surface area contributed by atoms with Gasteiger partial charge in [-0.3, -0.25) is 0 Å². The highest BCUT2D eigenvalue weighted by Gasteiger charge is 2.09. The molecule has 0 spiro atoms. The highest BCUT2D eigenvalue weighted by atomic mass is 16.5. The predicted molar refractivity (Wildman–Crippen MR) is 66.0 cm³/mol. The van der Waals surface area contributed by atoms with Crippen LogP contribution in [0.5, 0.6) is 0 Å². The molecule has 0 aromatic carbocycles. The van der Waals surface area contributed by atoms with Gasteiger partial charge in [0.2, 0.25) is 0 Å². The first-order valence-electron chi connectivity index (χ1n) is 6.10. The Bertz CT molecular complexity index is 138. The zero-order chi connectivity index (χ0) is 11.7. The number of nitrogens with one attached hydrogen (secondary N) is 1. The van der Waals surface area contributed by atoms with Gasteiger partial charge in [-0.2, -0.15) is 0 Å². The third kappa shape index (κ3) is 8.85. The van der Waals surface area contributed by atoms with E-state index in [0.29, 0.717) is 17.9 Å². The minimum absolute atomic E-state index is 0.345. The van der Waals surface area contributed by atoms with Crippen LogP contribution in [-0.4, -0.2) is 32.3 Å². The van der Waals surface area contributed by atoms with Crippen LogP contribution < -0.4 is 11.1 Å². The van der Waals surface area contributed by atoms with Crippen molar-refractivity contribution in [2.24, 2.45) is 17.6 Å². The Morgan fingerprint density at radius 2 is 1.87 bits per heavy atom. The highest BCUT2D eigenvalue weighted by Crippen LogP contribution is 2.07. The SMILES string of the molecule is CC(C)OCCCNCC(CN)C(C)C. The smallest absolute Gasteiger partial charge is 0.0518 e. The lowest BCUT2D eigenvalue weighted by Gasteiger charge is -2.19. The van der Waals surface area contributed by atoms with Crippen molar-refractivity contribution < 1.29 is 4.74 Å². The normalized spacial score (nSPS) is 13.8. The first-order chi connectivity index (χ1) is 7.07. The third-order valence-corrected chi connectivity index (χ3v) is 2.60. The zero-order valence-electron chi connectivity index (χ0n) is 10.8. The molecule has 1 atom stereocenters. The van der Waals surface area contributed by atoms with E-state index in [1.807, 2.05) is 0 Å². The van der Waals surface area contributed by atoms with E-state index in [-0.39, 0.29) is 0 Å². The molecule has 0 aromatic rings. The molecule has 0 saturated carbocycles. The van der Waals surface area contributed by atoms with Gasteiger partial charge in [-0.15, -0.1) is 0 Å². The second-order valence-electron chi connectivity index (χ2n) is 4.72. The fourth-order valence-corrected chi connectivity index (χ4v) is 1.39. The highest BCUT2D eigenvalue weighted by molar-refractivity contribution is 4.66. The van der Waals surface area contributed by atoms with Crippen LogP contribution in [0.15, 0.2) is 0 Å². The van der Waals surface area contributed by atoms with Gasteiger partial charge in [0.1, 0.15) is 0 Å². The topological polar surface area (TPSA) is 47.3 Å². The fraction of sp³-hybridized carbons (Fsp3) is 1.00. The van der Waals surface area contributed by atoms with Crippen LogP contribution in [0.2, 0.25) is 0 Å². The molecule has 92 valence electrons. The lowest BCUT2D eigenvalue weighted by atomic mass is 9.96. The Labute approximate surface area is 94.8 Å². The van der Waals surface area contributed by atoms with E-state index < -0.39 is 0 Å². The summed E-state index contributed by atoms with van der Waals surface area (Å²) < 4.78 is 5.46. The number of ether oxygens (including phenoxy) is 1. The molecule has 0 aliphatic heterocycles. The fourth-order valence-electron chi connectivity index (χ4n) is 1.39.